The van der Waals surface area contributed by atoms with Crippen molar-refractivity contribution in [3.8, 4) is 0 Å². The van der Waals surface area contributed by atoms with Crippen molar-refractivity contribution in [2.45, 2.75) is 181 Å². The number of likely N-dealkylation sites (tertiary alicyclic amines) is 1. The Labute approximate surface area is 596 Å². The fraction of sp³-hybridized carbons (Fsp3) is 0.617. The van der Waals surface area contributed by atoms with Gasteiger partial charge in [0.05, 0.1) is 37.9 Å². The molecule has 580 valence electrons. The molecule has 0 saturated carbocycles. The van der Waals surface area contributed by atoms with E-state index < -0.39 is 189 Å². The van der Waals surface area contributed by atoms with Crippen molar-refractivity contribution < 1.29 is 116 Å². The largest absolute Gasteiger partial charge is 0.490 e. The minimum absolute atomic E-state index is 0.0120. The van der Waals surface area contributed by atoms with Gasteiger partial charge in [0.1, 0.15) is 60.9 Å². The first kappa shape index (κ1) is 87.8. The van der Waals surface area contributed by atoms with Crippen molar-refractivity contribution in [1.29, 1.82) is 0 Å². The van der Waals surface area contributed by atoms with Crippen LogP contribution in [-0.4, -0.2) is 272 Å². The van der Waals surface area contributed by atoms with Crippen molar-refractivity contribution >= 4 is 113 Å². The summed E-state index contributed by atoms with van der Waals surface area (Å²) in [6.45, 7) is -1.37. The van der Waals surface area contributed by atoms with E-state index in [1.54, 1.807) is 42.1 Å². The number of rotatable bonds is 42. The lowest BCUT2D eigenvalue weighted by Crippen LogP contribution is -2.62. The fourth-order valence-electron chi connectivity index (χ4n) is 10.5. The second-order valence-corrected chi connectivity index (χ2v) is 25.3. The van der Waals surface area contributed by atoms with Gasteiger partial charge in [-0.3, -0.25) is 72.3 Å². The molecule has 26 N–H and O–H groups in total. The third kappa shape index (κ3) is 31.5. The number of carbonyl (C=O) groups is 15. The predicted molar refractivity (Wildman–Crippen MR) is 360 cm³/mol. The van der Waals surface area contributed by atoms with Crippen LogP contribution in [-0.2, 0) is 73.5 Å². The lowest BCUT2D eigenvalue weighted by molar-refractivity contribution is -0.192. The molecular formula is C60H92F3N19O21S. The number of aliphatic hydroxyl groups is 3. The Bertz CT molecular complexity index is 3230. The Balaban J connectivity index is 0.00000380. The molecule has 3 aliphatic heterocycles. The number of urea groups is 1. The van der Waals surface area contributed by atoms with E-state index in [4.69, 9.17) is 43.0 Å². The zero-order valence-electron chi connectivity index (χ0n) is 56.7. The number of carbonyl (C=O) groups excluding carboxylic acids is 12. The van der Waals surface area contributed by atoms with Crippen molar-refractivity contribution in [3.63, 3.8) is 0 Å². The quantitative estimate of drug-likeness (QED) is 0.0125. The summed E-state index contributed by atoms with van der Waals surface area (Å²) in [5.41, 5.74) is 22.5. The summed E-state index contributed by atoms with van der Waals surface area (Å²) < 4.78 is 31.7. The number of nitrogens with one attached hydrogen (secondary N) is 12. The number of benzene rings is 1. The van der Waals surface area contributed by atoms with E-state index in [0.29, 0.717) is 24.8 Å². The average molecular weight is 1500 g/mol. The molecule has 0 bridgehead atoms. The Morgan fingerprint density at radius 3 is 1.72 bits per heavy atom. The number of nitrogens with zero attached hydrogens (tertiary/aromatic N) is 3. The Hall–Kier alpha value is -10.4. The molecule has 0 aromatic heterocycles. The van der Waals surface area contributed by atoms with E-state index in [0.717, 1.165) is 19.1 Å². The molecule has 0 unspecified atom stereocenters. The van der Waals surface area contributed by atoms with Gasteiger partial charge in [-0.2, -0.15) is 24.9 Å². The summed E-state index contributed by atoms with van der Waals surface area (Å²) in [7, 11) is 0. The topological polar surface area (TPSA) is 654 Å². The smallest absolute Gasteiger partial charge is 0.481 e. The number of amides is 13. The highest BCUT2D eigenvalue weighted by Gasteiger charge is 2.44. The van der Waals surface area contributed by atoms with Gasteiger partial charge in [0.2, 0.25) is 65.0 Å². The first-order valence-corrected chi connectivity index (χ1v) is 33.7. The standard InChI is InChI=1S/C58H91N19O19S.C2HF3O2/c1-29(47(87)69-33(18-19-43(83)84)48(88)66-25-44(85)86)67-50(90)35(23-31-11-4-3-5-12-31)71-51(91)36(26-78)72-52(92)37(27-79)73-54(94)45(30(2)80)75-49(89)32(13-8-20-63-56(59)60)70-53(93)39-15-10-22-77(39)55(95)34(14-9-21-64-57(61)62)68-42(82)24-65-41(81)17-7-6-16-40-46-38(28-97-40)74-58(96)76-46;3-2(4,5)1(6)7/h3-5,11-12,29-30,32-40,45-46,78-80H,6-10,13-28H2,1-2H3,(H,65,81)(H,66,88)(H,67,90)(H,68,82)(H,69,87)(H,70,93)(H,71,91)(H,72,92)(H,73,94)(H,75,89)(H,83,84)(H,85,86)(H4,59,60,63)(H4,61,62,64)(H2,74,76,96);(H,6,7)/t29-,30+,32-,33-,34-,35-,36-,37-,38-,39-,40-,45-,46-;/m0./s1. The zero-order chi connectivity index (χ0) is 78.0. The molecule has 0 aliphatic carbocycles. The van der Waals surface area contributed by atoms with Crippen LogP contribution in [0.3, 0.4) is 0 Å². The number of guanidine groups is 2. The van der Waals surface area contributed by atoms with Crippen LogP contribution in [0.1, 0.15) is 96.5 Å². The summed E-state index contributed by atoms with van der Waals surface area (Å²) in [4.78, 5) is 202. The molecule has 1 aromatic carbocycles. The van der Waals surface area contributed by atoms with Gasteiger partial charge in [0.25, 0.3) is 0 Å². The maximum Gasteiger partial charge on any atom is 0.490 e. The van der Waals surface area contributed by atoms with Crippen molar-refractivity contribution in [1.82, 2.24) is 68.7 Å². The van der Waals surface area contributed by atoms with Crippen LogP contribution < -0.4 is 86.7 Å². The molecule has 4 rings (SSSR count). The maximum atomic E-state index is 14.4. The summed E-state index contributed by atoms with van der Waals surface area (Å²) >= 11 is 1.75. The number of unbranched alkanes of at least 4 members (excludes halogenated alkanes) is 1. The Morgan fingerprint density at radius 2 is 1.16 bits per heavy atom. The third-order valence-electron chi connectivity index (χ3n) is 15.8. The molecule has 3 heterocycles. The van der Waals surface area contributed by atoms with Crippen LogP contribution >= 0.6 is 11.8 Å². The number of hydrogen-bond donors (Lipinski definition) is 22. The number of fused-ring (bicyclic) bond motifs is 1. The second kappa shape index (κ2) is 44.2. The van der Waals surface area contributed by atoms with Gasteiger partial charge >= 0.3 is 30.1 Å². The molecule has 44 heteroatoms. The van der Waals surface area contributed by atoms with Gasteiger partial charge in [0.15, 0.2) is 11.9 Å². The van der Waals surface area contributed by atoms with Crippen LogP contribution in [0.15, 0.2) is 40.3 Å². The second-order valence-electron chi connectivity index (χ2n) is 24.0. The monoisotopic (exact) mass is 1500 g/mol. The highest BCUT2D eigenvalue weighted by Crippen LogP contribution is 2.33. The number of carboxylic acid groups (broad SMARTS) is 3. The lowest BCUT2D eigenvalue weighted by Gasteiger charge is -2.30. The summed E-state index contributed by atoms with van der Waals surface area (Å²) in [6.07, 6.45) is -5.68. The van der Waals surface area contributed by atoms with Gasteiger partial charge in [-0.05, 0) is 77.2 Å². The predicted octanol–water partition coefficient (Wildman–Crippen LogP) is -7.87. The van der Waals surface area contributed by atoms with Crippen molar-refractivity contribution in [3.05, 3.63) is 35.9 Å². The number of nitrogens with two attached hydrogens (primary N) is 4. The number of halogens is 3. The third-order valence-corrected chi connectivity index (χ3v) is 17.3. The highest BCUT2D eigenvalue weighted by molar-refractivity contribution is 8.00. The van der Waals surface area contributed by atoms with Crippen LogP contribution in [0, 0.1) is 0 Å². The van der Waals surface area contributed by atoms with E-state index in [1.807, 2.05) is 5.32 Å². The molecular weight excluding hydrogens is 1410 g/mol. The molecule has 3 saturated heterocycles. The highest BCUT2D eigenvalue weighted by atomic mass is 32.2. The molecule has 3 fully saturated rings. The average Bonchev–Trinajstić information content (AvgIpc) is 1.65. The minimum Gasteiger partial charge on any atom is -0.481 e. The van der Waals surface area contributed by atoms with E-state index in [2.05, 4.69) is 68.5 Å². The van der Waals surface area contributed by atoms with E-state index in [9.17, 15) is 95.6 Å². The molecule has 40 nitrogen and oxygen atoms in total. The number of alkyl halides is 3. The van der Waals surface area contributed by atoms with Gasteiger partial charge in [-0.1, -0.05) is 36.8 Å². The fourth-order valence-corrected chi connectivity index (χ4v) is 12.0. The van der Waals surface area contributed by atoms with Crippen molar-refractivity contribution in [2.24, 2.45) is 32.9 Å². The Morgan fingerprint density at radius 1 is 0.615 bits per heavy atom. The molecule has 0 spiro atoms. The van der Waals surface area contributed by atoms with Gasteiger partial charge in [0, 0.05) is 49.9 Å². The first-order chi connectivity index (χ1) is 48.9. The number of aliphatic hydroxyl groups excluding tert-OH is 3. The zero-order valence-corrected chi connectivity index (χ0v) is 57.6. The first-order valence-electron chi connectivity index (χ1n) is 32.7. The normalized spacial score (nSPS) is 18.3. The molecule has 1 aromatic rings. The molecule has 13 atom stereocenters. The van der Waals surface area contributed by atoms with Crippen LogP contribution in [0.5, 0.6) is 0 Å². The van der Waals surface area contributed by atoms with Crippen molar-refractivity contribution in [2.75, 3.05) is 51.7 Å². The maximum absolute atomic E-state index is 14.4. The molecule has 104 heavy (non-hydrogen) atoms. The molecule has 13 amide bonds. The van der Waals surface area contributed by atoms with E-state index >= 15 is 0 Å². The van der Waals surface area contributed by atoms with E-state index in [-0.39, 0.29) is 99.9 Å². The number of aliphatic carboxylic acids is 3. The van der Waals surface area contributed by atoms with Gasteiger partial charge in [-0.15, -0.1) is 0 Å². The summed E-state index contributed by atoms with van der Waals surface area (Å²) in [5, 5.41) is 86.3. The summed E-state index contributed by atoms with van der Waals surface area (Å²) in [5.74, 6) is -15.8. The number of aliphatic imine (C=N–C) groups is 2. The number of hydrogen-bond acceptors (Lipinski definition) is 21. The molecule has 0 radical (unpaired) electrons. The van der Waals surface area contributed by atoms with Gasteiger partial charge in [-0.25, -0.2) is 9.59 Å². The SMILES string of the molecule is C[C@H](NC(=O)[C@H](Cc1ccccc1)NC(=O)[C@H](CO)NC(=O)[C@H](CO)NC(=O)[C@@H](NC(=O)[C@H](CCCN=C(N)N)NC(=O)[C@@H]1CCCN1C(=O)[C@H](CCCN=C(N)N)NC(=O)CNC(=O)CCCC[C@@H]1SC[C@@H]2NC(=O)N[C@@H]21)[C@@H](C)O)C(=O)N[C@@H](CCC(=O)O)C(=O)NCC(=O)O.O=C(O)C(F)(F)F. The minimum atomic E-state index is -5.08. The van der Waals surface area contributed by atoms with Gasteiger partial charge < -0.3 is 122 Å². The van der Waals surface area contributed by atoms with Crippen LogP contribution in [0.25, 0.3) is 0 Å². The lowest BCUT2D eigenvalue weighted by atomic mass is 10.0. The number of carboxylic acids is 3. The van der Waals surface area contributed by atoms with Crippen LogP contribution in [0.2, 0.25) is 0 Å². The summed E-state index contributed by atoms with van der Waals surface area (Å²) in [6, 6.07) is -6.50. The number of thioether (sulfide) groups is 1. The van der Waals surface area contributed by atoms with E-state index in [1.165, 1.54) is 11.8 Å². The Kier molecular flexibility index (Phi) is 37.3. The molecule has 3 aliphatic rings. The van der Waals surface area contributed by atoms with Crippen LogP contribution in [0.4, 0.5) is 18.0 Å².